The van der Waals surface area contributed by atoms with Crippen LogP contribution in [0.3, 0.4) is 0 Å². The van der Waals surface area contributed by atoms with Crippen LogP contribution in [0.4, 0.5) is 0 Å². The Morgan fingerprint density at radius 2 is 1.51 bits per heavy atom. The molecule has 0 aliphatic carbocycles. The van der Waals surface area contributed by atoms with Gasteiger partial charge in [0.1, 0.15) is 24.2 Å². The van der Waals surface area contributed by atoms with Crippen LogP contribution in [0.1, 0.15) is 46.0 Å². The molecule has 0 fully saturated rings. The lowest BCUT2D eigenvalue weighted by molar-refractivity contribution is -0.143. The van der Waals surface area contributed by atoms with Gasteiger partial charge in [0.05, 0.1) is 6.61 Å². The molecule has 12 N–H and O–H groups in total. The van der Waals surface area contributed by atoms with Gasteiger partial charge >= 0.3 is 11.9 Å². The van der Waals surface area contributed by atoms with Crippen LogP contribution < -0.4 is 33.2 Å². The summed E-state index contributed by atoms with van der Waals surface area (Å²) in [5.41, 5.74) is 15.9. The molecule has 0 radical (unpaired) electrons. The molecule has 0 aromatic carbocycles. The number of nitrogens with one attached hydrogen (secondary N) is 3. The van der Waals surface area contributed by atoms with Crippen molar-refractivity contribution in [2.45, 2.75) is 70.1 Å². The number of guanidine groups is 1. The van der Waals surface area contributed by atoms with Crippen molar-refractivity contribution in [1.82, 2.24) is 16.0 Å². The zero-order valence-electron chi connectivity index (χ0n) is 19.9. The molecule has 0 aromatic heterocycles. The maximum atomic E-state index is 12.9. The average Bonchev–Trinajstić information content (AvgIpc) is 2.79. The topological polar surface area (TPSA) is 273 Å². The fourth-order valence-corrected chi connectivity index (χ4v) is 2.88. The quantitative estimate of drug-likeness (QED) is 0.0541. The number of rotatable bonds is 17. The van der Waals surface area contributed by atoms with Gasteiger partial charge in [-0.3, -0.25) is 24.2 Å². The number of amides is 3. The smallest absolute Gasteiger partial charge is 0.326 e. The number of aliphatic imine (C=N–C) groups is 1. The fraction of sp³-hybridized carbons (Fsp3) is 0.700. The maximum Gasteiger partial charge on any atom is 0.326 e. The number of carboxylic acids is 2. The first-order chi connectivity index (χ1) is 16.3. The molecule has 5 atom stereocenters. The Hall–Kier alpha value is -3.46. The lowest BCUT2D eigenvalue weighted by atomic mass is 9.97. The van der Waals surface area contributed by atoms with Crippen LogP contribution in [0, 0.1) is 5.92 Å². The third kappa shape index (κ3) is 12.5. The third-order valence-electron chi connectivity index (χ3n) is 5.17. The summed E-state index contributed by atoms with van der Waals surface area (Å²) < 4.78 is 0. The van der Waals surface area contributed by atoms with E-state index >= 15 is 0 Å². The zero-order chi connectivity index (χ0) is 27.1. The van der Waals surface area contributed by atoms with Gasteiger partial charge < -0.3 is 48.5 Å². The van der Waals surface area contributed by atoms with Gasteiger partial charge in [-0.2, -0.15) is 0 Å². The van der Waals surface area contributed by atoms with Gasteiger partial charge in [0.15, 0.2) is 5.96 Å². The van der Waals surface area contributed by atoms with E-state index in [0.29, 0.717) is 6.42 Å². The summed E-state index contributed by atoms with van der Waals surface area (Å²) in [4.78, 5) is 64.2. The third-order valence-corrected chi connectivity index (χ3v) is 5.17. The normalized spacial score (nSPS) is 15.0. The first-order valence-corrected chi connectivity index (χ1v) is 11.1. The lowest BCUT2D eigenvalue weighted by Crippen LogP contribution is -2.59. The molecular formula is C20H37N7O8. The monoisotopic (exact) mass is 503 g/mol. The van der Waals surface area contributed by atoms with Gasteiger partial charge in [-0.05, 0) is 25.2 Å². The number of aliphatic hydroxyl groups is 1. The standard InChI is InChI=1S/C20H37N7O8/c1-3-10(2)15(27-16(31)11(21)9-28)18(33)25-12(6-7-14(29)30)17(32)26-13(19(34)35)5-4-8-24-20(22)23/h10-13,15,28H,3-9,21H2,1-2H3,(H,25,33)(H,26,32)(H,27,31)(H,29,30)(H,34,35)(H4,22,23,24). The number of nitrogens with two attached hydrogens (primary N) is 3. The molecule has 3 amide bonds. The van der Waals surface area contributed by atoms with E-state index in [4.69, 9.17) is 27.4 Å². The van der Waals surface area contributed by atoms with Crippen LogP contribution >= 0.6 is 0 Å². The number of aliphatic carboxylic acids is 2. The number of carbonyl (C=O) groups excluding carboxylic acids is 3. The first kappa shape index (κ1) is 31.5. The van der Waals surface area contributed by atoms with Crippen molar-refractivity contribution in [3.63, 3.8) is 0 Å². The van der Waals surface area contributed by atoms with Crippen LogP contribution in [-0.4, -0.2) is 88.3 Å². The summed E-state index contributed by atoms with van der Waals surface area (Å²) in [7, 11) is 0. The second-order valence-corrected chi connectivity index (χ2v) is 8.00. The Morgan fingerprint density at radius 3 is 2.00 bits per heavy atom. The van der Waals surface area contributed by atoms with Crippen LogP contribution in [0.2, 0.25) is 0 Å². The van der Waals surface area contributed by atoms with Crippen molar-refractivity contribution in [3.8, 4) is 0 Å². The molecule has 0 aliphatic heterocycles. The number of carboxylic acid groups (broad SMARTS) is 2. The minimum atomic E-state index is -1.40. The summed E-state index contributed by atoms with van der Waals surface area (Å²) in [6, 6.07) is -5.14. The van der Waals surface area contributed by atoms with E-state index in [9.17, 15) is 29.1 Å². The number of hydrogen-bond acceptors (Lipinski definition) is 8. The van der Waals surface area contributed by atoms with E-state index in [1.807, 2.05) is 0 Å². The van der Waals surface area contributed by atoms with Crippen molar-refractivity contribution in [2.24, 2.45) is 28.1 Å². The van der Waals surface area contributed by atoms with Crippen LogP contribution in [0.5, 0.6) is 0 Å². The number of hydrogen-bond donors (Lipinski definition) is 9. The summed E-state index contributed by atoms with van der Waals surface area (Å²) in [6.07, 6.45) is -0.160. The second kappa shape index (κ2) is 16.2. The Morgan fingerprint density at radius 1 is 0.914 bits per heavy atom. The summed E-state index contributed by atoms with van der Waals surface area (Å²) in [6.45, 7) is 2.91. The van der Waals surface area contributed by atoms with E-state index in [1.54, 1.807) is 13.8 Å². The van der Waals surface area contributed by atoms with Crippen LogP contribution in [-0.2, 0) is 24.0 Å². The zero-order valence-corrected chi connectivity index (χ0v) is 19.9. The highest BCUT2D eigenvalue weighted by Crippen LogP contribution is 2.10. The average molecular weight is 504 g/mol. The molecule has 15 heteroatoms. The number of carbonyl (C=O) groups is 5. The molecule has 0 bridgehead atoms. The first-order valence-electron chi connectivity index (χ1n) is 11.1. The highest BCUT2D eigenvalue weighted by molar-refractivity contribution is 5.94. The molecule has 35 heavy (non-hydrogen) atoms. The molecule has 5 unspecified atom stereocenters. The molecule has 0 saturated carbocycles. The van der Waals surface area contributed by atoms with Crippen molar-refractivity contribution < 1.29 is 39.3 Å². The predicted molar refractivity (Wildman–Crippen MR) is 125 cm³/mol. The van der Waals surface area contributed by atoms with Gasteiger partial charge in [-0.15, -0.1) is 0 Å². The Kier molecular flexibility index (Phi) is 14.6. The summed E-state index contributed by atoms with van der Waals surface area (Å²) in [5.74, 6) is -5.63. The minimum Gasteiger partial charge on any atom is -0.481 e. The van der Waals surface area contributed by atoms with E-state index in [2.05, 4.69) is 20.9 Å². The van der Waals surface area contributed by atoms with Crippen LogP contribution in [0.25, 0.3) is 0 Å². The molecule has 0 spiro atoms. The molecule has 200 valence electrons. The fourth-order valence-electron chi connectivity index (χ4n) is 2.88. The van der Waals surface area contributed by atoms with Gasteiger partial charge in [0, 0.05) is 13.0 Å². The van der Waals surface area contributed by atoms with Gasteiger partial charge in [0.2, 0.25) is 17.7 Å². The highest BCUT2D eigenvalue weighted by Gasteiger charge is 2.32. The number of nitrogens with zero attached hydrogens (tertiary/aromatic N) is 1. The largest absolute Gasteiger partial charge is 0.481 e. The lowest BCUT2D eigenvalue weighted by Gasteiger charge is -2.27. The SMILES string of the molecule is CCC(C)C(NC(=O)C(N)CO)C(=O)NC(CCC(=O)O)C(=O)NC(CCCN=C(N)N)C(=O)O. The molecule has 15 nitrogen and oxygen atoms in total. The predicted octanol–water partition coefficient (Wildman–Crippen LogP) is -3.19. The molecular weight excluding hydrogens is 466 g/mol. The van der Waals surface area contributed by atoms with Crippen molar-refractivity contribution in [3.05, 3.63) is 0 Å². The van der Waals surface area contributed by atoms with E-state index in [0.717, 1.165) is 0 Å². The van der Waals surface area contributed by atoms with Gasteiger partial charge in [0.25, 0.3) is 0 Å². The number of aliphatic hydroxyl groups excluding tert-OH is 1. The molecule has 0 heterocycles. The molecule has 0 aliphatic rings. The molecule has 0 saturated heterocycles. The highest BCUT2D eigenvalue weighted by atomic mass is 16.4. The van der Waals surface area contributed by atoms with Crippen molar-refractivity contribution >= 4 is 35.6 Å². The van der Waals surface area contributed by atoms with Crippen LogP contribution in [0.15, 0.2) is 4.99 Å². The Balaban J connectivity index is 5.54. The molecule has 0 rings (SSSR count). The van der Waals surface area contributed by atoms with E-state index < -0.39 is 72.8 Å². The maximum absolute atomic E-state index is 12.9. The minimum absolute atomic E-state index is 0.0257. The van der Waals surface area contributed by atoms with E-state index in [1.165, 1.54) is 0 Å². The van der Waals surface area contributed by atoms with E-state index in [-0.39, 0.29) is 31.8 Å². The Bertz CT molecular complexity index is 773. The van der Waals surface area contributed by atoms with Crippen molar-refractivity contribution in [2.75, 3.05) is 13.2 Å². The second-order valence-electron chi connectivity index (χ2n) is 8.00. The van der Waals surface area contributed by atoms with Gasteiger partial charge in [-0.25, -0.2) is 4.79 Å². The van der Waals surface area contributed by atoms with Gasteiger partial charge in [-0.1, -0.05) is 20.3 Å². The summed E-state index contributed by atoms with van der Waals surface area (Å²) in [5, 5.41) is 34.6. The van der Waals surface area contributed by atoms with Crippen molar-refractivity contribution in [1.29, 1.82) is 0 Å². The Labute approximate surface area is 202 Å². The summed E-state index contributed by atoms with van der Waals surface area (Å²) >= 11 is 0. The molecule has 0 aromatic rings.